The van der Waals surface area contributed by atoms with E-state index in [0.29, 0.717) is 59.6 Å². The largest absolute Gasteiger partial charge is 0.493 e. The number of hydrogen-bond acceptors (Lipinski definition) is 4. The molecule has 0 aromatic heterocycles. The molecule has 3 unspecified atom stereocenters. The molecule has 1 amide bonds. The fourth-order valence-corrected chi connectivity index (χ4v) is 5.39. The van der Waals surface area contributed by atoms with E-state index in [-0.39, 0.29) is 29.5 Å². The lowest BCUT2D eigenvalue weighted by atomic mass is 9.93. The molecule has 0 saturated heterocycles. The molecule has 0 spiro atoms. The van der Waals surface area contributed by atoms with Crippen molar-refractivity contribution in [3.8, 4) is 17.2 Å². The second-order valence-electron chi connectivity index (χ2n) is 9.78. The van der Waals surface area contributed by atoms with Crippen LogP contribution in [0.5, 0.6) is 17.2 Å². The number of alkyl halides is 3. The number of nitrogens with one attached hydrogen (secondary N) is 1. The molecule has 3 aromatic rings. The molecule has 2 N–H and O–H groups in total. The summed E-state index contributed by atoms with van der Waals surface area (Å²) < 4.78 is 50.7. The maximum Gasteiger partial charge on any atom is 0.416 e. The minimum absolute atomic E-state index is 0.0514. The van der Waals surface area contributed by atoms with Gasteiger partial charge < -0.3 is 19.9 Å². The number of benzene rings is 3. The molecule has 204 valence electrons. The van der Waals surface area contributed by atoms with E-state index in [2.05, 4.69) is 5.32 Å². The Morgan fingerprint density at radius 3 is 2.51 bits per heavy atom. The van der Waals surface area contributed by atoms with Gasteiger partial charge in [0.25, 0.3) is 5.91 Å². The zero-order valence-electron chi connectivity index (χ0n) is 20.6. The summed E-state index contributed by atoms with van der Waals surface area (Å²) in [7, 11) is 0. The number of carboxylic acids is 1. The van der Waals surface area contributed by atoms with Crippen LogP contribution >= 0.6 is 11.6 Å². The maximum absolute atomic E-state index is 13.1. The van der Waals surface area contributed by atoms with Gasteiger partial charge in [-0.2, -0.15) is 13.2 Å². The van der Waals surface area contributed by atoms with Gasteiger partial charge >= 0.3 is 12.1 Å². The Morgan fingerprint density at radius 1 is 1.03 bits per heavy atom. The molecular weight excluding hydrogens is 535 g/mol. The number of fused-ring (bicyclic) bond motifs is 1. The summed E-state index contributed by atoms with van der Waals surface area (Å²) in [5, 5.41) is 12.7. The summed E-state index contributed by atoms with van der Waals surface area (Å²) in [6, 6.07) is 14.8. The zero-order chi connectivity index (χ0) is 27.7. The summed E-state index contributed by atoms with van der Waals surface area (Å²) in [6.07, 6.45) is -2.10. The summed E-state index contributed by atoms with van der Waals surface area (Å²) in [6.45, 7) is 0.274. The molecular formula is C29H25ClF3NO5. The van der Waals surface area contributed by atoms with E-state index in [1.807, 2.05) is 0 Å². The maximum atomic E-state index is 13.1. The van der Waals surface area contributed by atoms with Crippen LogP contribution in [0.4, 0.5) is 13.2 Å². The molecule has 3 aromatic carbocycles. The highest BCUT2D eigenvalue weighted by Gasteiger charge is 2.33. The predicted molar refractivity (Wildman–Crippen MR) is 138 cm³/mol. The summed E-state index contributed by atoms with van der Waals surface area (Å²) in [4.78, 5) is 24.3. The SMILES string of the molecule is O=C(NC1CCC(c2cccc(C(F)(F)F)c2)C1)c1ccc(Oc2cc3c(cc2Cl)C(C(=O)O)CCO3)cc1. The van der Waals surface area contributed by atoms with Crippen LogP contribution in [-0.4, -0.2) is 29.6 Å². The number of ether oxygens (including phenoxy) is 2. The van der Waals surface area contributed by atoms with Crippen molar-refractivity contribution in [2.24, 2.45) is 0 Å². The van der Waals surface area contributed by atoms with Crippen LogP contribution in [-0.2, 0) is 11.0 Å². The third-order valence-corrected chi connectivity index (χ3v) is 7.49. The first kappa shape index (κ1) is 26.9. The number of hydrogen-bond donors (Lipinski definition) is 2. The van der Waals surface area contributed by atoms with Gasteiger partial charge in [-0.1, -0.05) is 29.8 Å². The van der Waals surface area contributed by atoms with Crippen LogP contribution in [0.2, 0.25) is 5.02 Å². The van der Waals surface area contributed by atoms with E-state index in [1.165, 1.54) is 12.1 Å². The molecule has 0 radical (unpaired) electrons. The van der Waals surface area contributed by atoms with Gasteiger partial charge in [-0.15, -0.1) is 0 Å². The normalized spacial score (nSPS) is 20.6. The Balaban J connectivity index is 1.20. The number of carbonyl (C=O) groups excluding carboxylic acids is 1. The number of amides is 1. The minimum Gasteiger partial charge on any atom is -0.493 e. The third kappa shape index (κ3) is 5.98. The molecule has 5 rings (SSSR count). The molecule has 1 aliphatic heterocycles. The van der Waals surface area contributed by atoms with E-state index < -0.39 is 23.6 Å². The molecule has 1 aliphatic carbocycles. The molecule has 2 aliphatic rings. The van der Waals surface area contributed by atoms with Crippen LogP contribution in [0.15, 0.2) is 60.7 Å². The lowest BCUT2D eigenvalue weighted by Crippen LogP contribution is -2.32. The first-order chi connectivity index (χ1) is 18.6. The average molecular weight is 560 g/mol. The van der Waals surface area contributed by atoms with Crippen molar-refractivity contribution >= 4 is 23.5 Å². The molecule has 6 nitrogen and oxygen atoms in total. The van der Waals surface area contributed by atoms with E-state index in [4.69, 9.17) is 21.1 Å². The standard InChI is InChI=1S/C29H25ClF3NO5/c30-24-14-23-22(28(36)37)10-11-38-25(23)15-26(24)39-21-8-5-16(6-9-21)27(35)34-20-7-4-18(13-20)17-2-1-3-19(12-17)29(31,32)33/h1-3,5-6,8-9,12,14-15,18,20,22H,4,7,10-11,13H2,(H,34,35)(H,36,37). The molecule has 3 atom stereocenters. The van der Waals surface area contributed by atoms with Gasteiger partial charge in [-0.05, 0) is 73.6 Å². The van der Waals surface area contributed by atoms with Gasteiger partial charge in [0.15, 0.2) is 0 Å². The van der Waals surface area contributed by atoms with Gasteiger partial charge in [0.1, 0.15) is 17.2 Å². The van der Waals surface area contributed by atoms with Crippen molar-refractivity contribution < 1.29 is 37.3 Å². The van der Waals surface area contributed by atoms with Crippen molar-refractivity contribution in [2.45, 2.75) is 49.7 Å². The Bertz CT molecular complexity index is 1390. The lowest BCUT2D eigenvalue weighted by molar-refractivity contribution is -0.139. The van der Waals surface area contributed by atoms with Crippen LogP contribution in [0, 0.1) is 0 Å². The highest BCUT2D eigenvalue weighted by Crippen LogP contribution is 2.42. The summed E-state index contributed by atoms with van der Waals surface area (Å²) in [5.41, 5.74) is 0.880. The number of halogens is 4. The quantitative estimate of drug-likeness (QED) is 0.334. The van der Waals surface area contributed by atoms with E-state index in [9.17, 15) is 27.9 Å². The van der Waals surface area contributed by atoms with Crippen molar-refractivity contribution in [2.75, 3.05) is 6.61 Å². The van der Waals surface area contributed by atoms with Crippen LogP contribution < -0.4 is 14.8 Å². The second-order valence-corrected chi connectivity index (χ2v) is 10.2. The average Bonchev–Trinajstić information content (AvgIpc) is 3.37. The number of rotatable bonds is 6. The van der Waals surface area contributed by atoms with Crippen LogP contribution in [0.3, 0.4) is 0 Å². The third-order valence-electron chi connectivity index (χ3n) is 7.20. The van der Waals surface area contributed by atoms with Gasteiger partial charge in [-0.25, -0.2) is 0 Å². The van der Waals surface area contributed by atoms with Crippen LogP contribution in [0.25, 0.3) is 0 Å². The van der Waals surface area contributed by atoms with Crippen LogP contribution in [0.1, 0.15) is 64.6 Å². The van der Waals surface area contributed by atoms with E-state index in [1.54, 1.807) is 42.5 Å². The Morgan fingerprint density at radius 2 is 1.79 bits per heavy atom. The van der Waals surface area contributed by atoms with Gasteiger partial charge in [-0.3, -0.25) is 9.59 Å². The number of carbonyl (C=O) groups is 2. The molecule has 0 bridgehead atoms. The molecule has 1 fully saturated rings. The molecule has 39 heavy (non-hydrogen) atoms. The molecule has 10 heteroatoms. The fraction of sp³-hybridized carbons (Fsp3) is 0.310. The Labute approximate surface area is 227 Å². The summed E-state index contributed by atoms with van der Waals surface area (Å²) >= 11 is 6.35. The van der Waals surface area contributed by atoms with Crippen molar-refractivity contribution in [3.63, 3.8) is 0 Å². The smallest absolute Gasteiger partial charge is 0.416 e. The minimum atomic E-state index is -4.39. The number of carboxylic acid groups (broad SMARTS) is 1. The molecule has 1 saturated carbocycles. The predicted octanol–water partition coefficient (Wildman–Crippen LogP) is 7.17. The highest BCUT2D eigenvalue weighted by molar-refractivity contribution is 6.32. The Kier molecular flexibility index (Phi) is 7.44. The zero-order valence-corrected chi connectivity index (χ0v) is 21.4. The van der Waals surface area contributed by atoms with Gasteiger partial charge in [0.05, 0.1) is 23.1 Å². The van der Waals surface area contributed by atoms with Crippen molar-refractivity contribution in [1.29, 1.82) is 0 Å². The van der Waals surface area contributed by atoms with Gasteiger partial charge in [0.2, 0.25) is 0 Å². The van der Waals surface area contributed by atoms with E-state index >= 15 is 0 Å². The second kappa shape index (κ2) is 10.8. The van der Waals surface area contributed by atoms with E-state index in [0.717, 1.165) is 6.07 Å². The Hall–Kier alpha value is -3.72. The van der Waals surface area contributed by atoms with Crippen molar-refractivity contribution in [3.05, 3.63) is 87.9 Å². The first-order valence-corrected chi connectivity index (χ1v) is 12.9. The molecule has 1 heterocycles. The van der Waals surface area contributed by atoms with Crippen molar-refractivity contribution in [1.82, 2.24) is 5.32 Å². The number of aliphatic carboxylic acids is 1. The first-order valence-electron chi connectivity index (χ1n) is 12.5. The monoisotopic (exact) mass is 559 g/mol. The highest BCUT2D eigenvalue weighted by atomic mass is 35.5. The fourth-order valence-electron chi connectivity index (χ4n) is 5.18. The summed E-state index contributed by atoms with van der Waals surface area (Å²) in [5.74, 6) is -0.848. The topological polar surface area (TPSA) is 84.9 Å². The van der Waals surface area contributed by atoms with Gasteiger partial charge in [0, 0.05) is 23.2 Å². The lowest BCUT2D eigenvalue weighted by Gasteiger charge is -2.24.